The van der Waals surface area contributed by atoms with Gasteiger partial charge in [-0.2, -0.15) is 0 Å². The van der Waals surface area contributed by atoms with Gasteiger partial charge in [-0.3, -0.25) is 0 Å². The molecule has 0 atom stereocenters. The van der Waals surface area contributed by atoms with Crippen molar-refractivity contribution in [3.63, 3.8) is 0 Å². The molecule has 1 N–H and O–H groups in total. The van der Waals surface area contributed by atoms with Crippen LogP contribution in [-0.2, 0) is 14.6 Å². The number of ether oxygens (including phenoxy) is 2. The number of carbonyl (C=O) groups is 1. The third-order valence-corrected chi connectivity index (χ3v) is 5.91. The van der Waals surface area contributed by atoms with Crippen molar-refractivity contribution in [2.24, 2.45) is 0 Å². The zero-order chi connectivity index (χ0) is 23.1. The lowest BCUT2D eigenvalue weighted by Crippen LogP contribution is -2.42. The number of aliphatic hydroxyl groups excluding tert-OH is 1. The highest BCUT2D eigenvalue weighted by Gasteiger charge is 2.25. The molecule has 1 saturated heterocycles. The van der Waals surface area contributed by atoms with Gasteiger partial charge in [0.15, 0.2) is 14.9 Å². The van der Waals surface area contributed by atoms with Crippen LogP contribution in [0.5, 0.6) is 5.88 Å². The predicted octanol–water partition coefficient (Wildman–Crippen LogP) is 2.97. The minimum absolute atomic E-state index is 0.0199. The molecule has 10 heteroatoms. The molecule has 1 saturated carbocycles. The van der Waals surface area contributed by atoms with E-state index in [1.807, 2.05) is 20.8 Å². The van der Waals surface area contributed by atoms with Gasteiger partial charge in [-0.15, -0.1) is 0 Å². The number of piperidine rings is 1. The number of sulfone groups is 1. The van der Waals surface area contributed by atoms with Crippen LogP contribution in [0.1, 0.15) is 65.7 Å². The van der Waals surface area contributed by atoms with Gasteiger partial charge in [-0.25, -0.2) is 23.2 Å². The SMILES string of the molecule is CC(C)(C)OC(=O)N1CCC(O)CC1.CS(=O)(=O)c1cnc(OC2CCCCC2)cn1. The average molecular weight is 458 g/mol. The Balaban J connectivity index is 0.000000225. The quantitative estimate of drug-likeness (QED) is 0.736. The summed E-state index contributed by atoms with van der Waals surface area (Å²) in [5.41, 5.74) is -0.437. The molecule has 2 fully saturated rings. The number of aromatic nitrogens is 2. The number of hydrogen-bond acceptors (Lipinski definition) is 8. The minimum atomic E-state index is -3.28. The van der Waals surface area contributed by atoms with Gasteiger partial charge in [0.1, 0.15) is 11.7 Å². The summed E-state index contributed by atoms with van der Waals surface area (Å²) in [6, 6.07) is 0. The van der Waals surface area contributed by atoms with Gasteiger partial charge >= 0.3 is 6.09 Å². The number of rotatable bonds is 3. The zero-order valence-corrected chi connectivity index (χ0v) is 19.7. The maximum atomic E-state index is 11.5. The molecule has 0 bridgehead atoms. The Labute approximate surface area is 185 Å². The zero-order valence-electron chi connectivity index (χ0n) is 18.9. The molecule has 1 amide bonds. The highest BCUT2D eigenvalue weighted by molar-refractivity contribution is 7.90. The molecule has 3 rings (SSSR count). The highest BCUT2D eigenvalue weighted by Crippen LogP contribution is 2.22. The Morgan fingerprint density at radius 1 is 1.06 bits per heavy atom. The molecule has 1 aliphatic carbocycles. The van der Waals surface area contributed by atoms with Crippen LogP contribution in [0, 0.1) is 0 Å². The number of nitrogens with zero attached hydrogens (tertiary/aromatic N) is 3. The molecule has 31 heavy (non-hydrogen) atoms. The molecule has 176 valence electrons. The molecule has 1 aromatic heterocycles. The molecule has 0 spiro atoms. The molecular formula is C21H35N3O6S. The third-order valence-electron chi connectivity index (χ3n) is 4.94. The fourth-order valence-electron chi connectivity index (χ4n) is 3.29. The second-order valence-electron chi connectivity index (χ2n) is 9.04. The largest absolute Gasteiger partial charge is 0.473 e. The van der Waals surface area contributed by atoms with Crippen molar-refractivity contribution in [3.05, 3.63) is 12.4 Å². The van der Waals surface area contributed by atoms with E-state index in [9.17, 15) is 18.3 Å². The van der Waals surface area contributed by atoms with Crippen LogP contribution in [0.3, 0.4) is 0 Å². The third kappa shape index (κ3) is 9.39. The second-order valence-corrected chi connectivity index (χ2v) is 11.0. The van der Waals surface area contributed by atoms with Crippen LogP contribution >= 0.6 is 0 Å². The Morgan fingerprint density at radius 3 is 2.16 bits per heavy atom. The molecule has 0 radical (unpaired) electrons. The second kappa shape index (κ2) is 11.1. The smallest absolute Gasteiger partial charge is 0.410 e. The van der Waals surface area contributed by atoms with Gasteiger partial charge in [0.05, 0.1) is 18.5 Å². The minimum Gasteiger partial charge on any atom is -0.473 e. The molecule has 0 aromatic carbocycles. The average Bonchev–Trinajstić information content (AvgIpc) is 2.68. The summed E-state index contributed by atoms with van der Waals surface area (Å²) >= 11 is 0. The van der Waals surface area contributed by atoms with E-state index >= 15 is 0 Å². The normalized spacial score (nSPS) is 18.7. The standard InChI is InChI=1S/C11H16N2O3S.C10H19NO3/c1-17(14,15)11-8-12-10(7-13-11)16-9-5-3-2-4-6-9;1-10(2,3)14-9(13)11-6-4-8(12)5-7-11/h7-9H,2-6H2,1H3;8,12H,4-7H2,1-3H3. The first-order valence-electron chi connectivity index (χ1n) is 10.8. The summed E-state index contributed by atoms with van der Waals surface area (Å²) in [6.45, 7) is 6.74. The maximum Gasteiger partial charge on any atom is 0.410 e. The molecule has 9 nitrogen and oxygen atoms in total. The molecular weight excluding hydrogens is 422 g/mol. The molecule has 0 unspecified atom stereocenters. The summed E-state index contributed by atoms with van der Waals surface area (Å²) < 4.78 is 33.3. The van der Waals surface area contributed by atoms with Gasteiger partial charge in [0, 0.05) is 19.3 Å². The van der Waals surface area contributed by atoms with E-state index < -0.39 is 15.4 Å². The Morgan fingerprint density at radius 2 is 1.68 bits per heavy atom. The first-order chi connectivity index (χ1) is 14.4. The number of likely N-dealkylation sites (tertiary alicyclic amines) is 1. The highest BCUT2D eigenvalue weighted by atomic mass is 32.2. The van der Waals surface area contributed by atoms with E-state index in [2.05, 4.69) is 9.97 Å². The van der Waals surface area contributed by atoms with Crippen molar-refractivity contribution < 1.29 is 27.8 Å². The fourth-order valence-corrected chi connectivity index (χ4v) is 3.77. The number of amides is 1. The number of carbonyl (C=O) groups excluding carboxylic acids is 1. The predicted molar refractivity (Wildman–Crippen MR) is 116 cm³/mol. The van der Waals surface area contributed by atoms with E-state index in [1.165, 1.54) is 31.7 Å². The van der Waals surface area contributed by atoms with Crippen LogP contribution in [-0.4, -0.2) is 71.6 Å². The van der Waals surface area contributed by atoms with Crippen LogP contribution < -0.4 is 4.74 Å². The first-order valence-corrected chi connectivity index (χ1v) is 12.7. The molecule has 1 aromatic rings. The molecule has 1 aliphatic heterocycles. The Hall–Kier alpha value is -1.94. The fraction of sp³-hybridized carbons (Fsp3) is 0.762. The lowest BCUT2D eigenvalue weighted by molar-refractivity contribution is 0.0101. The van der Waals surface area contributed by atoms with Gasteiger partial charge < -0.3 is 19.5 Å². The molecule has 2 heterocycles. The maximum absolute atomic E-state index is 11.5. The van der Waals surface area contributed by atoms with Crippen molar-refractivity contribution in [1.29, 1.82) is 0 Å². The van der Waals surface area contributed by atoms with Crippen molar-refractivity contribution in [2.75, 3.05) is 19.3 Å². The summed E-state index contributed by atoms with van der Waals surface area (Å²) in [6.07, 6.45) is 10.4. The van der Waals surface area contributed by atoms with Crippen molar-refractivity contribution in [2.45, 2.75) is 88.6 Å². The monoisotopic (exact) mass is 457 g/mol. The summed E-state index contributed by atoms with van der Waals surface area (Å²) in [7, 11) is -3.28. The Kier molecular flexibility index (Phi) is 9.05. The summed E-state index contributed by atoms with van der Waals surface area (Å²) in [4.78, 5) is 21.0. The van der Waals surface area contributed by atoms with Crippen LogP contribution in [0.4, 0.5) is 4.79 Å². The van der Waals surface area contributed by atoms with Crippen molar-refractivity contribution in [1.82, 2.24) is 14.9 Å². The van der Waals surface area contributed by atoms with Crippen molar-refractivity contribution in [3.8, 4) is 5.88 Å². The van der Waals surface area contributed by atoms with E-state index in [0.717, 1.165) is 19.1 Å². The Bertz CT molecular complexity index is 793. The number of aliphatic hydroxyl groups is 1. The molecule has 2 aliphatic rings. The van der Waals surface area contributed by atoms with E-state index in [1.54, 1.807) is 4.90 Å². The lowest BCUT2D eigenvalue weighted by Gasteiger charge is -2.31. The van der Waals surface area contributed by atoms with E-state index in [4.69, 9.17) is 9.47 Å². The number of hydrogen-bond donors (Lipinski definition) is 1. The van der Waals surface area contributed by atoms with Crippen LogP contribution in [0.15, 0.2) is 17.4 Å². The van der Waals surface area contributed by atoms with Crippen LogP contribution in [0.2, 0.25) is 0 Å². The topological polar surface area (TPSA) is 119 Å². The summed E-state index contributed by atoms with van der Waals surface area (Å²) in [5.74, 6) is 0.407. The van der Waals surface area contributed by atoms with E-state index in [-0.39, 0.29) is 23.3 Å². The van der Waals surface area contributed by atoms with Gasteiger partial charge in [0.2, 0.25) is 5.88 Å². The lowest BCUT2D eigenvalue weighted by atomic mass is 9.98. The first kappa shape index (κ1) is 25.3. The van der Waals surface area contributed by atoms with Crippen LogP contribution in [0.25, 0.3) is 0 Å². The summed E-state index contributed by atoms with van der Waals surface area (Å²) in [5, 5.41) is 9.24. The van der Waals surface area contributed by atoms with Gasteiger partial charge in [0.25, 0.3) is 0 Å². The van der Waals surface area contributed by atoms with Gasteiger partial charge in [-0.05, 0) is 59.3 Å². The van der Waals surface area contributed by atoms with Gasteiger partial charge in [-0.1, -0.05) is 6.42 Å². The van der Waals surface area contributed by atoms with Crippen molar-refractivity contribution >= 4 is 15.9 Å². The van der Waals surface area contributed by atoms with E-state index in [0.29, 0.717) is 31.8 Å².